The van der Waals surface area contributed by atoms with E-state index >= 15 is 0 Å². The Hall–Kier alpha value is -1.83. The molecule has 0 aliphatic rings. The molecule has 1 heterocycles. The highest BCUT2D eigenvalue weighted by molar-refractivity contribution is 7.98. The molecule has 0 aliphatic heterocycles. The Kier molecular flexibility index (Phi) is 5.16. The van der Waals surface area contributed by atoms with Crippen LogP contribution in [-0.4, -0.2) is 50.2 Å². The first-order valence-electron chi connectivity index (χ1n) is 6.26. The summed E-state index contributed by atoms with van der Waals surface area (Å²) in [5.41, 5.74) is -0.593. The van der Waals surface area contributed by atoms with Gasteiger partial charge in [-0.15, -0.1) is 11.8 Å². The summed E-state index contributed by atoms with van der Waals surface area (Å²) >= 11 is 1.17. The van der Waals surface area contributed by atoms with E-state index in [1.807, 2.05) is 0 Å². The van der Waals surface area contributed by atoms with E-state index in [-0.39, 0.29) is 5.56 Å². The number of hydrogen-bond acceptors (Lipinski definition) is 5. The van der Waals surface area contributed by atoms with Gasteiger partial charge in [-0.25, -0.2) is 4.79 Å². The van der Waals surface area contributed by atoms with Gasteiger partial charge >= 0.3 is 11.7 Å². The SMILES string of the molecule is CSc1nc(=O)[nH]c(C)c1C(=O)N(CC(=O)O)C(C)(C)C. The Balaban J connectivity index is 3.40. The summed E-state index contributed by atoms with van der Waals surface area (Å²) in [5.74, 6) is -1.56. The van der Waals surface area contributed by atoms with E-state index in [2.05, 4.69) is 9.97 Å². The third-order valence-electron chi connectivity index (χ3n) is 2.84. The largest absolute Gasteiger partial charge is 0.480 e. The fourth-order valence-electron chi connectivity index (χ4n) is 1.84. The van der Waals surface area contributed by atoms with Crippen LogP contribution in [0.3, 0.4) is 0 Å². The number of carbonyl (C=O) groups is 2. The Bertz CT molecular complexity index is 619. The number of aliphatic carboxylic acids is 1. The number of nitrogens with one attached hydrogen (secondary N) is 1. The second-order valence-electron chi connectivity index (χ2n) is 5.51. The first kappa shape index (κ1) is 17.2. The highest BCUT2D eigenvalue weighted by Crippen LogP contribution is 2.23. The maximum Gasteiger partial charge on any atom is 0.346 e. The number of carbonyl (C=O) groups excluding carboxylic acids is 1. The number of amides is 1. The van der Waals surface area contributed by atoms with E-state index in [9.17, 15) is 14.4 Å². The molecule has 7 nitrogen and oxygen atoms in total. The molecule has 1 aromatic rings. The monoisotopic (exact) mass is 313 g/mol. The summed E-state index contributed by atoms with van der Waals surface area (Å²) in [4.78, 5) is 42.6. The number of carboxylic acids is 1. The Morgan fingerprint density at radius 1 is 1.38 bits per heavy atom. The van der Waals surface area contributed by atoms with Gasteiger partial charge in [-0.1, -0.05) is 0 Å². The van der Waals surface area contributed by atoms with Gasteiger partial charge in [0.1, 0.15) is 11.6 Å². The van der Waals surface area contributed by atoms with Crippen LogP contribution in [0.1, 0.15) is 36.8 Å². The second-order valence-corrected chi connectivity index (χ2v) is 6.30. The van der Waals surface area contributed by atoms with E-state index in [1.54, 1.807) is 34.0 Å². The number of rotatable bonds is 4. The standard InChI is InChI=1S/C13H19N3O4S/c1-7-9(10(21-5)15-12(20)14-7)11(19)16(6-8(17)18)13(2,3)4/h6H2,1-5H3,(H,17,18)(H,14,15,20). The average Bonchev–Trinajstić information content (AvgIpc) is 2.32. The van der Waals surface area contributed by atoms with Gasteiger partial charge in [-0.3, -0.25) is 9.59 Å². The number of hydrogen-bond donors (Lipinski definition) is 2. The predicted molar refractivity (Wildman–Crippen MR) is 79.8 cm³/mol. The van der Waals surface area contributed by atoms with Crippen LogP contribution in [0.15, 0.2) is 9.82 Å². The van der Waals surface area contributed by atoms with Gasteiger partial charge < -0.3 is 15.0 Å². The van der Waals surface area contributed by atoms with E-state index in [0.717, 1.165) is 0 Å². The minimum Gasteiger partial charge on any atom is -0.480 e. The molecule has 0 atom stereocenters. The first-order chi connectivity index (χ1) is 9.57. The summed E-state index contributed by atoms with van der Waals surface area (Å²) in [6.45, 7) is 6.43. The zero-order valence-electron chi connectivity index (χ0n) is 12.7. The Labute approximate surface area is 126 Å². The summed E-state index contributed by atoms with van der Waals surface area (Å²) in [6, 6.07) is 0. The fraction of sp³-hybridized carbons (Fsp3) is 0.538. The molecule has 1 aromatic heterocycles. The van der Waals surface area contributed by atoms with Gasteiger partial charge in [-0.05, 0) is 34.0 Å². The molecule has 21 heavy (non-hydrogen) atoms. The van der Waals surface area contributed by atoms with Gasteiger partial charge in [0.15, 0.2) is 0 Å². The lowest BCUT2D eigenvalue weighted by Gasteiger charge is -2.34. The zero-order valence-corrected chi connectivity index (χ0v) is 13.5. The summed E-state index contributed by atoms with van der Waals surface area (Å²) in [6.07, 6.45) is 1.70. The van der Waals surface area contributed by atoms with Crippen LogP contribution in [0.4, 0.5) is 0 Å². The highest BCUT2D eigenvalue weighted by Gasteiger charge is 2.32. The van der Waals surface area contributed by atoms with Gasteiger partial charge in [-0.2, -0.15) is 4.98 Å². The summed E-state index contributed by atoms with van der Waals surface area (Å²) < 4.78 is 0. The maximum absolute atomic E-state index is 12.7. The summed E-state index contributed by atoms with van der Waals surface area (Å²) in [7, 11) is 0. The second kappa shape index (κ2) is 6.30. The fourth-order valence-corrected chi connectivity index (χ4v) is 2.46. The minimum absolute atomic E-state index is 0.235. The molecule has 0 radical (unpaired) electrons. The molecule has 8 heteroatoms. The van der Waals surface area contributed by atoms with Crippen molar-refractivity contribution in [3.8, 4) is 0 Å². The zero-order chi connectivity index (χ0) is 16.4. The van der Waals surface area contributed by atoms with Crippen LogP contribution in [-0.2, 0) is 4.79 Å². The molecule has 0 aromatic carbocycles. The number of nitrogens with zero attached hydrogens (tertiary/aromatic N) is 2. The van der Waals surface area contributed by atoms with Crippen molar-refractivity contribution < 1.29 is 14.7 Å². The number of carboxylic acid groups (broad SMARTS) is 1. The van der Waals surface area contributed by atoms with Crippen LogP contribution < -0.4 is 5.69 Å². The lowest BCUT2D eigenvalue weighted by atomic mass is 10.0. The molecule has 1 rings (SSSR count). The van der Waals surface area contributed by atoms with E-state index in [4.69, 9.17) is 5.11 Å². The number of aromatic amines is 1. The smallest absolute Gasteiger partial charge is 0.346 e. The molecule has 0 bridgehead atoms. The van der Waals surface area contributed by atoms with Crippen molar-refractivity contribution in [2.75, 3.05) is 12.8 Å². The predicted octanol–water partition coefficient (Wildman–Crippen LogP) is 1.13. The van der Waals surface area contributed by atoms with Crippen molar-refractivity contribution in [3.05, 3.63) is 21.7 Å². The normalized spacial score (nSPS) is 11.3. The number of thioether (sulfide) groups is 1. The number of H-pyrrole nitrogens is 1. The maximum atomic E-state index is 12.7. The van der Waals surface area contributed by atoms with Crippen molar-refractivity contribution in [1.82, 2.24) is 14.9 Å². The van der Waals surface area contributed by atoms with Crippen LogP contribution in [0.25, 0.3) is 0 Å². The van der Waals surface area contributed by atoms with Crippen molar-refractivity contribution in [2.45, 2.75) is 38.3 Å². The van der Waals surface area contributed by atoms with Gasteiger partial charge in [0.2, 0.25) is 0 Å². The molecule has 0 fully saturated rings. The molecule has 0 saturated heterocycles. The molecule has 1 amide bonds. The van der Waals surface area contributed by atoms with E-state index in [0.29, 0.717) is 10.7 Å². The van der Waals surface area contributed by atoms with Crippen LogP contribution >= 0.6 is 11.8 Å². The van der Waals surface area contributed by atoms with Crippen LogP contribution in [0.5, 0.6) is 0 Å². The van der Waals surface area contributed by atoms with Crippen LogP contribution in [0, 0.1) is 6.92 Å². The molecule has 0 spiro atoms. The van der Waals surface area contributed by atoms with Crippen molar-refractivity contribution >= 4 is 23.6 Å². The topological polar surface area (TPSA) is 103 Å². The van der Waals surface area contributed by atoms with Crippen LogP contribution in [0.2, 0.25) is 0 Å². The lowest BCUT2D eigenvalue weighted by molar-refractivity contribution is -0.138. The van der Waals surface area contributed by atoms with Gasteiger partial charge in [0, 0.05) is 11.2 Å². The molecule has 0 unspecified atom stereocenters. The summed E-state index contributed by atoms with van der Waals surface area (Å²) in [5, 5.41) is 9.30. The third-order valence-corrected chi connectivity index (χ3v) is 3.52. The minimum atomic E-state index is -1.10. The Morgan fingerprint density at radius 3 is 2.38 bits per heavy atom. The lowest BCUT2D eigenvalue weighted by Crippen LogP contribution is -2.48. The molecular weight excluding hydrogens is 294 g/mol. The van der Waals surface area contributed by atoms with E-state index < -0.39 is 29.6 Å². The quantitative estimate of drug-likeness (QED) is 0.638. The molecular formula is C13H19N3O4S. The van der Waals surface area contributed by atoms with Gasteiger partial charge in [0.05, 0.1) is 5.56 Å². The highest BCUT2D eigenvalue weighted by atomic mass is 32.2. The van der Waals surface area contributed by atoms with E-state index in [1.165, 1.54) is 16.7 Å². The Morgan fingerprint density at radius 2 is 1.95 bits per heavy atom. The molecule has 0 aliphatic carbocycles. The number of aromatic nitrogens is 2. The molecule has 0 saturated carbocycles. The molecule has 2 N–H and O–H groups in total. The molecule has 116 valence electrons. The van der Waals surface area contributed by atoms with Crippen molar-refractivity contribution in [2.24, 2.45) is 0 Å². The average molecular weight is 313 g/mol. The first-order valence-corrected chi connectivity index (χ1v) is 7.49. The third kappa shape index (κ3) is 4.07. The van der Waals surface area contributed by atoms with Crippen molar-refractivity contribution in [3.63, 3.8) is 0 Å². The van der Waals surface area contributed by atoms with Gasteiger partial charge in [0.25, 0.3) is 5.91 Å². The number of aryl methyl sites for hydroxylation is 1. The van der Waals surface area contributed by atoms with Crippen molar-refractivity contribution in [1.29, 1.82) is 0 Å².